The first-order valence-electron chi connectivity index (χ1n) is 6.26. The van der Waals surface area contributed by atoms with Crippen LogP contribution in [-0.4, -0.2) is 33.2 Å². The van der Waals surface area contributed by atoms with Crippen LogP contribution in [0.4, 0.5) is 0 Å². The van der Waals surface area contributed by atoms with Crippen LogP contribution in [0.2, 0.25) is 0 Å². The number of carbonyl (C=O) groups is 3. The maximum absolute atomic E-state index is 11.3. The first-order valence-corrected chi connectivity index (χ1v) is 6.26. The van der Waals surface area contributed by atoms with Crippen molar-refractivity contribution in [2.75, 3.05) is 0 Å². The molecular weight excluding hydrogens is 288 g/mol. The Bertz CT molecular complexity index is 791. The van der Waals surface area contributed by atoms with Crippen LogP contribution in [0.1, 0.15) is 36.6 Å². The van der Waals surface area contributed by atoms with E-state index < -0.39 is 17.9 Å². The Kier molecular flexibility index (Phi) is 3.94. The molecule has 112 valence electrons. The summed E-state index contributed by atoms with van der Waals surface area (Å²) in [5.74, 6) is -3.55. The Morgan fingerprint density at radius 2 is 1.23 bits per heavy atom. The molecule has 2 aromatic rings. The molecule has 0 fully saturated rings. The number of aromatic carboxylic acids is 3. The highest BCUT2D eigenvalue weighted by atomic mass is 16.4. The van der Waals surface area contributed by atoms with Gasteiger partial charge in [-0.05, 0) is 53.9 Å². The second-order valence-electron chi connectivity index (χ2n) is 4.71. The van der Waals surface area contributed by atoms with Crippen molar-refractivity contribution >= 4 is 17.9 Å². The third kappa shape index (κ3) is 2.80. The van der Waals surface area contributed by atoms with Crippen molar-refractivity contribution in [3.05, 3.63) is 58.7 Å². The molecule has 0 heterocycles. The van der Waals surface area contributed by atoms with Crippen LogP contribution in [0.3, 0.4) is 0 Å². The molecule has 0 radical (unpaired) electrons. The van der Waals surface area contributed by atoms with Crippen LogP contribution in [0.5, 0.6) is 0 Å². The molecule has 6 heteroatoms. The van der Waals surface area contributed by atoms with Crippen LogP contribution < -0.4 is 0 Å². The summed E-state index contributed by atoms with van der Waals surface area (Å²) < 4.78 is 0. The van der Waals surface area contributed by atoms with Crippen molar-refractivity contribution in [2.24, 2.45) is 0 Å². The van der Waals surface area contributed by atoms with Crippen molar-refractivity contribution in [3.8, 4) is 11.1 Å². The average molecular weight is 300 g/mol. The average Bonchev–Trinajstić information content (AvgIpc) is 2.46. The molecule has 22 heavy (non-hydrogen) atoms. The molecule has 0 aliphatic heterocycles. The lowest BCUT2D eigenvalue weighted by Gasteiger charge is -2.11. The van der Waals surface area contributed by atoms with E-state index in [-0.39, 0.29) is 22.3 Å². The molecule has 0 saturated carbocycles. The lowest BCUT2D eigenvalue weighted by Crippen LogP contribution is -2.05. The van der Waals surface area contributed by atoms with Gasteiger partial charge in [0.25, 0.3) is 0 Å². The third-order valence-electron chi connectivity index (χ3n) is 3.27. The summed E-state index contributed by atoms with van der Waals surface area (Å²) in [7, 11) is 0. The van der Waals surface area contributed by atoms with E-state index in [9.17, 15) is 19.5 Å². The summed E-state index contributed by atoms with van der Waals surface area (Å²) in [5, 5.41) is 27.4. The highest BCUT2D eigenvalue weighted by molar-refractivity contribution is 6.00. The number of rotatable bonds is 4. The predicted molar refractivity (Wildman–Crippen MR) is 77.5 cm³/mol. The summed E-state index contributed by atoms with van der Waals surface area (Å²) in [6.45, 7) is 1.69. The maximum atomic E-state index is 11.3. The summed E-state index contributed by atoms with van der Waals surface area (Å²) >= 11 is 0. The smallest absolute Gasteiger partial charge is 0.336 e. The summed E-state index contributed by atoms with van der Waals surface area (Å²) in [4.78, 5) is 33.5. The number of hydrogen-bond acceptors (Lipinski definition) is 3. The van der Waals surface area contributed by atoms with E-state index in [1.54, 1.807) is 13.0 Å². The lowest BCUT2D eigenvalue weighted by atomic mass is 9.92. The van der Waals surface area contributed by atoms with Crippen LogP contribution >= 0.6 is 0 Å². The van der Waals surface area contributed by atoms with Crippen molar-refractivity contribution < 1.29 is 29.7 Å². The number of carboxylic acid groups (broad SMARTS) is 3. The van der Waals surface area contributed by atoms with E-state index in [0.717, 1.165) is 0 Å². The van der Waals surface area contributed by atoms with Crippen LogP contribution in [0.25, 0.3) is 11.1 Å². The van der Waals surface area contributed by atoms with Crippen LogP contribution in [-0.2, 0) is 0 Å². The van der Waals surface area contributed by atoms with E-state index in [1.165, 1.54) is 30.3 Å². The zero-order chi connectivity index (χ0) is 16.4. The fraction of sp³-hybridized carbons (Fsp3) is 0.0625. The van der Waals surface area contributed by atoms with E-state index in [4.69, 9.17) is 10.2 Å². The minimum absolute atomic E-state index is 0.00216. The second-order valence-corrected chi connectivity index (χ2v) is 4.71. The van der Waals surface area contributed by atoms with Crippen LogP contribution in [0.15, 0.2) is 36.4 Å². The van der Waals surface area contributed by atoms with E-state index >= 15 is 0 Å². The van der Waals surface area contributed by atoms with Gasteiger partial charge in [-0.15, -0.1) is 0 Å². The van der Waals surface area contributed by atoms with Gasteiger partial charge in [0, 0.05) is 0 Å². The minimum atomic E-state index is -1.22. The Morgan fingerprint density at radius 1 is 0.727 bits per heavy atom. The Hall–Kier alpha value is -3.15. The van der Waals surface area contributed by atoms with Gasteiger partial charge in [0.1, 0.15) is 0 Å². The van der Waals surface area contributed by atoms with Crippen molar-refractivity contribution in [3.63, 3.8) is 0 Å². The van der Waals surface area contributed by atoms with Gasteiger partial charge in [-0.3, -0.25) is 0 Å². The molecule has 6 nitrogen and oxygen atoms in total. The first-order chi connectivity index (χ1) is 10.3. The van der Waals surface area contributed by atoms with Gasteiger partial charge in [-0.1, -0.05) is 6.07 Å². The predicted octanol–water partition coefficient (Wildman–Crippen LogP) is 2.76. The topological polar surface area (TPSA) is 112 Å². The Balaban J connectivity index is 2.76. The molecule has 0 spiro atoms. The number of benzene rings is 2. The zero-order valence-electron chi connectivity index (χ0n) is 11.5. The van der Waals surface area contributed by atoms with Gasteiger partial charge in [-0.2, -0.15) is 0 Å². The molecule has 0 saturated heterocycles. The van der Waals surface area contributed by atoms with Crippen molar-refractivity contribution in [2.45, 2.75) is 6.92 Å². The molecule has 0 aliphatic rings. The van der Waals surface area contributed by atoms with E-state index in [1.807, 2.05) is 0 Å². The van der Waals surface area contributed by atoms with Gasteiger partial charge >= 0.3 is 17.9 Å². The zero-order valence-corrected chi connectivity index (χ0v) is 11.5. The SMILES string of the molecule is Cc1ccc(C(=O)O)cc1-c1cc(C(=O)O)ccc1C(=O)O. The molecule has 3 N–H and O–H groups in total. The largest absolute Gasteiger partial charge is 0.478 e. The molecule has 0 aromatic heterocycles. The molecule has 0 aliphatic carbocycles. The van der Waals surface area contributed by atoms with Crippen molar-refractivity contribution in [1.29, 1.82) is 0 Å². The number of carboxylic acids is 3. The maximum Gasteiger partial charge on any atom is 0.336 e. The minimum Gasteiger partial charge on any atom is -0.478 e. The Morgan fingerprint density at radius 3 is 1.73 bits per heavy atom. The standard InChI is InChI=1S/C16H12O6/c1-8-2-3-9(14(17)18)6-12(8)13-7-10(15(19)20)4-5-11(13)16(21)22/h2-7H,1H3,(H,17,18)(H,19,20)(H,21,22). The second kappa shape index (κ2) is 5.69. The van der Waals surface area contributed by atoms with Gasteiger partial charge in [0.2, 0.25) is 0 Å². The van der Waals surface area contributed by atoms with Gasteiger partial charge < -0.3 is 15.3 Å². The van der Waals surface area contributed by atoms with Crippen LogP contribution in [0, 0.1) is 6.92 Å². The normalized spacial score (nSPS) is 10.2. The molecule has 0 amide bonds. The molecule has 2 aromatic carbocycles. The summed E-state index contributed by atoms with van der Waals surface area (Å²) in [5.41, 5.74) is 1.04. The fourth-order valence-corrected chi connectivity index (χ4v) is 2.13. The summed E-state index contributed by atoms with van der Waals surface area (Å²) in [6.07, 6.45) is 0. The van der Waals surface area contributed by atoms with Crippen molar-refractivity contribution in [1.82, 2.24) is 0 Å². The number of aryl methyl sites for hydroxylation is 1. The fourth-order valence-electron chi connectivity index (χ4n) is 2.13. The van der Waals surface area contributed by atoms with Gasteiger partial charge in [0.05, 0.1) is 16.7 Å². The Labute approximate surface area is 125 Å². The van der Waals surface area contributed by atoms with Gasteiger partial charge in [0.15, 0.2) is 0 Å². The highest BCUT2D eigenvalue weighted by Gasteiger charge is 2.17. The molecule has 0 unspecified atom stereocenters. The molecule has 0 atom stereocenters. The van der Waals surface area contributed by atoms with E-state index in [0.29, 0.717) is 11.1 Å². The third-order valence-corrected chi connectivity index (χ3v) is 3.27. The molecule has 2 rings (SSSR count). The monoisotopic (exact) mass is 300 g/mol. The summed E-state index contributed by atoms with van der Waals surface area (Å²) in [6, 6.07) is 7.94. The first kappa shape index (κ1) is 15.2. The quantitative estimate of drug-likeness (QED) is 0.800. The lowest BCUT2D eigenvalue weighted by molar-refractivity contribution is 0.0681. The molecular formula is C16H12O6. The van der Waals surface area contributed by atoms with Gasteiger partial charge in [-0.25, -0.2) is 14.4 Å². The number of hydrogen-bond donors (Lipinski definition) is 3. The van der Waals surface area contributed by atoms with E-state index in [2.05, 4.69) is 0 Å². The molecule has 0 bridgehead atoms. The highest BCUT2D eigenvalue weighted by Crippen LogP contribution is 2.29.